The molecular weight excluding hydrogens is 414 g/mol. The maximum atomic E-state index is 12.8. The van der Waals surface area contributed by atoms with Crippen molar-refractivity contribution in [2.24, 2.45) is 0 Å². The van der Waals surface area contributed by atoms with Crippen LogP contribution in [0.25, 0.3) is 0 Å². The predicted molar refractivity (Wildman–Crippen MR) is 120 cm³/mol. The third kappa shape index (κ3) is 6.13. The molecule has 1 fully saturated rings. The highest BCUT2D eigenvalue weighted by atomic mass is 32.1. The molecule has 166 valence electrons. The van der Waals surface area contributed by atoms with Crippen LogP contribution in [0.1, 0.15) is 60.9 Å². The number of hydrogen-bond acceptors (Lipinski definition) is 6. The first-order valence-corrected chi connectivity index (χ1v) is 11.4. The fourth-order valence-corrected chi connectivity index (χ4v) is 4.63. The van der Waals surface area contributed by atoms with Crippen LogP contribution in [0.3, 0.4) is 0 Å². The summed E-state index contributed by atoms with van der Waals surface area (Å²) in [5, 5.41) is 8.18. The Morgan fingerprint density at radius 3 is 2.61 bits per heavy atom. The molecule has 1 saturated carbocycles. The summed E-state index contributed by atoms with van der Waals surface area (Å²) in [5.41, 5.74) is 2.54. The van der Waals surface area contributed by atoms with Gasteiger partial charge in [0.2, 0.25) is 11.8 Å². The lowest BCUT2D eigenvalue weighted by Crippen LogP contribution is -2.55. The van der Waals surface area contributed by atoms with Crippen LogP contribution in [0, 0.1) is 13.8 Å². The van der Waals surface area contributed by atoms with E-state index in [9.17, 15) is 14.4 Å². The molecule has 0 unspecified atom stereocenters. The van der Waals surface area contributed by atoms with E-state index in [1.54, 1.807) is 5.38 Å². The molecule has 0 atom stereocenters. The van der Waals surface area contributed by atoms with Crippen molar-refractivity contribution >= 4 is 34.8 Å². The number of hydrogen-bond donors (Lipinski definition) is 2. The monoisotopic (exact) mass is 443 g/mol. The molecule has 1 aliphatic rings. The van der Waals surface area contributed by atoms with Crippen molar-refractivity contribution in [1.29, 1.82) is 0 Å². The van der Waals surface area contributed by atoms with Crippen LogP contribution < -0.4 is 10.6 Å². The maximum Gasteiger partial charge on any atom is 0.332 e. The van der Waals surface area contributed by atoms with Gasteiger partial charge in [0.15, 0.2) is 0 Å². The average Bonchev–Trinajstić information content (AvgIpc) is 3.16. The number of anilines is 1. The normalized spacial score (nSPS) is 15.2. The molecule has 3 rings (SSSR count). The van der Waals surface area contributed by atoms with Crippen LogP contribution in [0.4, 0.5) is 5.69 Å². The minimum Gasteiger partial charge on any atom is -0.457 e. The van der Waals surface area contributed by atoms with E-state index in [2.05, 4.69) is 15.6 Å². The maximum absolute atomic E-state index is 12.8. The number of amides is 2. The average molecular weight is 444 g/mol. The smallest absolute Gasteiger partial charge is 0.332 e. The van der Waals surface area contributed by atoms with Crippen molar-refractivity contribution in [1.82, 2.24) is 10.3 Å². The van der Waals surface area contributed by atoms with Crippen LogP contribution in [0.2, 0.25) is 0 Å². The molecule has 0 spiro atoms. The third-order valence-electron chi connectivity index (χ3n) is 5.44. The van der Waals surface area contributed by atoms with E-state index in [0.29, 0.717) is 23.5 Å². The predicted octanol–water partition coefficient (Wildman–Crippen LogP) is 3.82. The number of nitrogens with one attached hydrogen (secondary N) is 2. The zero-order valence-corrected chi connectivity index (χ0v) is 19.1. The molecule has 1 aromatic carbocycles. The molecule has 2 aromatic rings. The summed E-state index contributed by atoms with van der Waals surface area (Å²) in [5.74, 6) is -0.785. The van der Waals surface area contributed by atoms with Gasteiger partial charge in [-0.1, -0.05) is 31.4 Å². The van der Waals surface area contributed by atoms with Crippen LogP contribution in [0.15, 0.2) is 23.6 Å². The molecule has 1 aromatic heterocycles. The number of esters is 1. The number of aryl methyl sites for hydroxylation is 2. The van der Waals surface area contributed by atoms with Gasteiger partial charge in [0.1, 0.15) is 17.2 Å². The lowest BCUT2D eigenvalue weighted by molar-refractivity contribution is -0.156. The number of nitrogens with zero attached hydrogens (tertiary/aromatic N) is 1. The van der Waals surface area contributed by atoms with Gasteiger partial charge in [-0.15, -0.1) is 11.3 Å². The van der Waals surface area contributed by atoms with Crippen LogP contribution in [-0.2, 0) is 32.1 Å². The molecule has 0 saturated heterocycles. The summed E-state index contributed by atoms with van der Waals surface area (Å²) >= 11 is 1.36. The van der Waals surface area contributed by atoms with Crippen molar-refractivity contribution < 1.29 is 19.1 Å². The molecule has 1 heterocycles. The largest absolute Gasteiger partial charge is 0.457 e. The van der Waals surface area contributed by atoms with Gasteiger partial charge < -0.3 is 15.4 Å². The highest BCUT2D eigenvalue weighted by molar-refractivity contribution is 7.09. The van der Waals surface area contributed by atoms with E-state index in [1.165, 1.54) is 18.3 Å². The van der Waals surface area contributed by atoms with Gasteiger partial charge in [-0.3, -0.25) is 9.59 Å². The first kappa shape index (κ1) is 22.9. The van der Waals surface area contributed by atoms with Gasteiger partial charge >= 0.3 is 5.97 Å². The van der Waals surface area contributed by atoms with Gasteiger partial charge in [-0.05, 0) is 43.9 Å². The van der Waals surface area contributed by atoms with Gasteiger partial charge in [0.25, 0.3) is 0 Å². The highest BCUT2D eigenvalue weighted by Crippen LogP contribution is 2.30. The standard InChI is InChI=1S/C23H29N3O4S/c1-15-7-8-16(2)19(11-15)25-20(28)12-21-24-18(14-31-21)13-30-22(29)23(26-17(3)27)9-5-4-6-10-23/h7-8,11,14H,4-6,9-10,12-13H2,1-3H3,(H,25,28)(H,26,27). The Bertz CT molecular complexity index is 963. The topological polar surface area (TPSA) is 97.4 Å². The van der Waals surface area contributed by atoms with E-state index in [0.717, 1.165) is 36.1 Å². The van der Waals surface area contributed by atoms with E-state index < -0.39 is 11.5 Å². The van der Waals surface area contributed by atoms with E-state index >= 15 is 0 Å². The summed E-state index contributed by atoms with van der Waals surface area (Å²) in [4.78, 5) is 41.2. The van der Waals surface area contributed by atoms with Crippen molar-refractivity contribution in [3.8, 4) is 0 Å². The minimum absolute atomic E-state index is 0.0231. The zero-order chi connectivity index (χ0) is 22.4. The minimum atomic E-state index is -0.936. The Morgan fingerprint density at radius 1 is 1.16 bits per heavy atom. The summed E-state index contributed by atoms with van der Waals surface area (Å²) in [6.45, 7) is 5.37. The van der Waals surface area contributed by atoms with Gasteiger partial charge in [-0.2, -0.15) is 0 Å². The number of aromatic nitrogens is 1. The molecule has 0 aliphatic heterocycles. The summed E-state index contributed by atoms with van der Waals surface area (Å²) in [6.07, 6.45) is 4.14. The fourth-order valence-electron chi connectivity index (χ4n) is 3.85. The summed E-state index contributed by atoms with van der Waals surface area (Å²) < 4.78 is 5.50. The second-order valence-electron chi connectivity index (χ2n) is 8.18. The van der Waals surface area contributed by atoms with Crippen molar-refractivity contribution in [3.63, 3.8) is 0 Å². The molecule has 0 bridgehead atoms. The molecule has 8 heteroatoms. The van der Waals surface area contributed by atoms with E-state index in [-0.39, 0.29) is 24.8 Å². The molecule has 7 nitrogen and oxygen atoms in total. The number of benzene rings is 1. The first-order chi connectivity index (χ1) is 14.8. The Kier molecular flexibility index (Phi) is 7.43. The van der Waals surface area contributed by atoms with Crippen LogP contribution >= 0.6 is 11.3 Å². The summed E-state index contributed by atoms with van der Waals surface area (Å²) in [7, 11) is 0. The Balaban J connectivity index is 1.55. The number of thiazole rings is 1. The highest BCUT2D eigenvalue weighted by Gasteiger charge is 2.41. The first-order valence-electron chi connectivity index (χ1n) is 10.5. The van der Waals surface area contributed by atoms with E-state index in [1.807, 2.05) is 32.0 Å². The van der Waals surface area contributed by atoms with Crippen molar-refractivity contribution in [3.05, 3.63) is 45.4 Å². The second kappa shape index (κ2) is 10.0. The summed E-state index contributed by atoms with van der Waals surface area (Å²) in [6, 6.07) is 5.92. The number of carbonyl (C=O) groups excluding carboxylic acids is 3. The molecular formula is C23H29N3O4S. The quantitative estimate of drug-likeness (QED) is 0.634. The number of rotatable bonds is 7. The third-order valence-corrected chi connectivity index (χ3v) is 6.34. The number of ether oxygens (including phenoxy) is 1. The molecule has 1 aliphatic carbocycles. The fraction of sp³-hybridized carbons (Fsp3) is 0.478. The van der Waals surface area contributed by atoms with Crippen molar-refractivity contribution in [2.75, 3.05) is 5.32 Å². The second-order valence-corrected chi connectivity index (χ2v) is 9.12. The molecule has 2 N–H and O–H groups in total. The van der Waals surface area contributed by atoms with Gasteiger partial charge in [0.05, 0.1) is 12.1 Å². The lowest BCUT2D eigenvalue weighted by Gasteiger charge is -2.35. The molecule has 31 heavy (non-hydrogen) atoms. The van der Waals surface area contributed by atoms with Crippen molar-refractivity contribution in [2.45, 2.75) is 71.4 Å². The van der Waals surface area contributed by atoms with Gasteiger partial charge in [0, 0.05) is 18.0 Å². The SMILES string of the molecule is CC(=O)NC1(C(=O)OCc2csc(CC(=O)Nc3cc(C)ccc3C)n2)CCCCC1. The Morgan fingerprint density at radius 2 is 1.90 bits per heavy atom. The molecule has 0 radical (unpaired) electrons. The van der Waals surface area contributed by atoms with Crippen LogP contribution in [0.5, 0.6) is 0 Å². The zero-order valence-electron chi connectivity index (χ0n) is 18.2. The van der Waals surface area contributed by atoms with Crippen LogP contribution in [-0.4, -0.2) is 28.3 Å². The molecule has 2 amide bonds. The lowest BCUT2D eigenvalue weighted by atomic mass is 9.81. The number of carbonyl (C=O) groups is 3. The Labute approximate surface area is 186 Å². The Hall–Kier alpha value is -2.74. The van der Waals surface area contributed by atoms with Gasteiger partial charge in [-0.25, -0.2) is 9.78 Å². The van der Waals surface area contributed by atoms with E-state index in [4.69, 9.17) is 4.74 Å².